The number of halogens is 1. The molecule has 0 unspecified atom stereocenters. The van der Waals surface area contributed by atoms with Crippen molar-refractivity contribution in [3.63, 3.8) is 0 Å². The number of aromatic nitrogens is 2. The Morgan fingerprint density at radius 3 is 2.57 bits per heavy atom. The van der Waals surface area contributed by atoms with Crippen LogP contribution in [0.2, 0.25) is 5.02 Å². The quantitative estimate of drug-likeness (QED) is 0.509. The maximum absolute atomic E-state index is 12.0. The van der Waals surface area contributed by atoms with Crippen LogP contribution in [-0.2, 0) is 9.53 Å². The van der Waals surface area contributed by atoms with Crippen molar-refractivity contribution >= 4 is 23.1 Å². The predicted octanol–water partition coefficient (Wildman–Crippen LogP) is 2.94. The van der Waals surface area contributed by atoms with Crippen LogP contribution in [-0.4, -0.2) is 27.7 Å². The van der Waals surface area contributed by atoms with Crippen molar-refractivity contribution in [1.82, 2.24) is 9.97 Å². The van der Waals surface area contributed by atoms with Crippen LogP contribution >= 0.6 is 11.6 Å². The van der Waals surface area contributed by atoms with Gasteiger partial charge in [0, 0.05) is 16.7 Å². The van der Waals surface area contributed by atoms with Crippen LogP contribution < -0.4 is 5.56 Å². The number of benzene rings is 1. The Morgan fingerprint density at radius 1 is 1.35 bits per heavy atom. The highest BCUT2D eigenvalue weighted by molar-refractivity contribution is 6.30. The Bertz CT molecular complexity index is 806. The summed E-state index contributed by atoms with van der Waals surface area (Å²) in [5, 5.41) is 10.3. The Kier molecular flexibility index (Phi) is 5.18. The number of aliphatic hydroxyl groups is 1. The molecule has 120 valence electrons. The van der Waals surface area contributed by atoms with Crippen LogP contribution in [0, 0.1) is 0 Å². The summed E-state index contributed by atoms with van der Waals surface area (Å²) in [7, 11) is 0. The number of ether oxygens (including phenoxy) is 1. The topological polar surface area (TPSA) is 92.3 Å². The molecule has 0 fully saturated rings. The number of carbonyl (C=O) groups excluding carboxylic acids is 1. The van der Waals surface area contributed by atoms with Crippen molar-refractivity contribution in [2.24, 2.45) is 0 Å². The van der Waals surface area contributed by atoms with Gasteiger partial charge in [0.2, 0.25) is 0 Å². The zero-order chi connectivity index (χ0) is 17.0. The van der Waals surface area contributed by atoms with Gasteiger partial charge in [0.25, 0.3) is 5.56 Å². The molecule has 0 aliphatic heterocycles. The second-order valence-electron chi connectivity index (χ2n) is 4.67. The summed E-state index contributed by atoms with van der Waals surface area (Å²) in [5.74, 6) is -1.11. The van der Waals surface area contributed by atoms with Gasteiger partial charge >= 0.3 is 5.97 Å². The van der Waals surface area contributed by atoms with Gasteiger partial charge in [-0.3, -0.25) is 4.79 Å². The van der Waals surface area contributed by atoms with Crippen LogP contribution in [0.4, 0.5) is 0 Å². The molecule has 0 aliphatic rings. The van der Waals surface area contributed by atoms with E-state index in [4.69, 9.17) is 16.3 Å². The van der Waals surface area contributed by atoms with Crippen LogP contribution in [0.15, 0.2) is 40.9 Å². The molecule has 0 spiro atoms. The second-order valence-corrected chi connectivity index (χ2v) is 5.10. The number of hydrogen-bond acceptors (Lipinski definition) is 5. The van der Waals surface area contributed by atoms with E-state index in [1.807, 2.05) is 0 Å². The summed E-state index contributed by atoms with van der Waals surface area (Å²) in [6.07, 6.45) is 0. The van der Waals surface area contributed by atoms with E-state index in [1.54, 1.807) is 31.2 Å². The first kappa shape index (κ1) is 16.8. The molecule has 1 heterocycles. The van der Waals surface area contributed by atoms with Crippen molar-refractivity contribution in [3.8, 4) is 11.3 Å². The first-order valence-corrected chi connectivity index (χ1v) is 7.24. The van der Waals surface area contributed by atoms with Gasteiger partial charge in [-0.2, -0.15) is 0 Å². The Balaban J connectivity index is 2.56. The molecule has 1 aromatic carbocycles. The average Bonchev–Trinajstić information content (AvgIpc) is 2.47. The highest BCUT2D eigenvalue weighted by atomic mass is 35.5. The third-order valence-corrected chi connectivity index (χ3v) is 3.21. The van der Waals surface area contributed by atoms with Gasteiger partial charge in [-0.05, 0) is 26.0 Å². The number of nitrogens with one attached hydrogen (secondary N) is 1. The molecule has 0 atom stereocenters. The Labute approximate surface area is 137 Å². The van der Waals surface area contributed by atoms with E-state index in [1.165, 1.54) is 13.0 Å². The summed E-state index contributed by atoms with van der Waals surface area (Å²) in [6, 6.07) is 8.03. The minimum atomic E-state index is -0.760. The number of carbonyl (C=O) groups is 1. The maximum Gasteiger partial charge on any atom is 0.345 e. The molecule has 0 amide bonds. The number of hydrogen-bond donors (Lipinski definition) is 2. The Morgan fingerprint density at radius 2 is 2.00 bits per heavy atom. The predicted molar refractivity (Wildman–Crippen MR) is 87.2 cm³/mol. The number of allylic oxidation sites excluding steroid dienone is 1. The van der Waals surface area contributed by atoms with Crippen molar-refractivity contribution in [1.29, 1.82) is 0 Å². The van der Waals surface area contributed by atoms with Gasteiger partial charge in [-0.25, -0.2) is 9.78 Å². The van der Waals surface area contributed by atoms with Gasteiger partial charge in [-0.15, -0.1) is 0 Å². The van der Waals surface area contributed by atoms with E-state index in [2.05, 4.69) is 9.97 Å². The SMILES string of the molecule is CCOC(=O)/C(=C(/C)O)c1nc(-c2ccc(Cl)cc2)cc(=O)[nH]1. The number of esters is 1. The zero-order valence-corrected chi connectivity index (χ0v) is 13.3. The smallest absolute Gasteiger partial charge is 0.345 e. The molecule has 0 bridgehead atoms. The van der Waals surface area contributed by atoms with Gasteiger partial charge in [-0.1, -0.05) is 23.7 Å². The molecule has 0 aliphatic carbocycles. The molecular weight excluding hydrogens is 320 g/mol. The number of H-pyrrole nitrogens is 1. The largest absolute Gasteiger partial charge is 0.512 e. The van der Waals surface area contributed by atoms with Gasteiger partial charge in [0.1, 0.15) is 11.3 Å². The molecule has 2 aromatic rings. The van der Waals surface area contributed by atoms with Crippen LogP contribution in [0.25, 0.3) is 16.8 Å². The van der Waals surface area contributed by atoms with Gasteiger partial charge in [0.15, 0.2) is 5.82 Å². The van der Waals surface area contributed by atoms with Crippen LogP contribution in [0.5, 0.6) is 0 Å². The second kappa shape index (κ2) is 7.11. The first-order chi connectivity index (χ1) is 10.9. The van der Waals surface area contributed by atoms with Crippen LogP contribution in [0.3, 0.4) is 0 Å². The van der Waals surface area contributed by atoms with E-state index in [9.17, 15) is 14.7 Å². The first-order valence-electron chi connectivity index (χ1n) is 6.87. The molecule has 7 heteroatoms. The van der Waals surface area contributed by atoms with Crippen molar-refractivity contribution in [3.05, 3.63) is 57.3 Å². The van der Waals surface area contributed by atoms with E-state index in [0.717, 1.165) is 0 Å². The molecule has 2 rings (SSSR count). The van der Waals surface area contributed by atoms with Crippen molar-refractivity contribution < 1.29 is 14.6 Å². The third-order valence-electron chi connectivity index (χ3n) is 2.96. The minimum Gasteiger partial charge on any atom is -0.512 e. The molecule has 0 saturated carbocycles. The molecule has 6 nitrogen and oxygen atoms in total. The van der Waals surface area contributed by atoms with Crippen molar-refractivity contribution in [2.45, 2.75) is 13.8 Å². The number of aliphatic hydroxyl groups excluding tert-OH is 1. The molecule has 23 heavy (non-hydrogen) atoms. The molecular formula is C16H15ClN2O4. The van der Waals surface area contributed by atoms with Gasteiger partial charge in [0.05, 0.1) is 12.3 Å². The summed E-state index contributed by atoms with van der Waals surface area (Å²) in [6.45, 7) is 3.10. The molecule has 1 aromatic heterocycles. The fourth-order valence-electron chi connectivity index (χ4n) is 1.96. The summed E-state index contributed by atoms with van der Waals surface area (Å²) < 4.78 is 4.88. The number of nitrogens with zero attached hydrogens (tertiary/aromatic N) is 1. The normalized spacial score (nSPS) is 11.8. The molecule has 2 N–H and O–H groups in total. The van der Waals surface area contributed by atoms with E-state index >= 15 is 0 Å². The number of aromatic amines is 1. The fraction of sp³-hybridized carbons (Fsp3) is 0.188. The summed E-state index contributed by atoms with van der Waals surface area (Å²) in [4.78, 5) is 30.5. The molecule has 0 saturated heterocycles. The van der Waals surface area contributed by atoms with Gasteiger partial charge < -0.3 is 14.8 Å². The van der Waals surface area contributed by atoms with E-state index < -0.39 is 11.5 Å². The molecule has 0 radical (unpaired) electrons. The van der Waals surface area contributed by atoms with Crippen LogP contribution in [0.1, 0.15) is 19.7 Å². The lowest BCUT2D eigenvalue weighted by molar-refractivity contribution is -0.136. The fourth-order valence-corrected chi connectivity index (χ4v) is 2.09. The monoisotopic (exact) mass is 334 g/mol. The summed E-state index contributed by atoms with van der Waals surface area (Å²) >= 11 is 5.84. The third kappa shape index (κ3) is 3.98. The number of rotatable bonds is 4. The lowest BCUT2D eigenvalue weighted by Crippen LogP contribution is -2.17. The minimum absolute atomic E-state index is 0.0547. The lowest BCUT2D eigenvalue weighted by atomic mass is 10.1. The zero-order valence-electron chi connectivity index (χ0n) is 12.6. The lowest BCUT2D eigenvalue weighted by Gasteiger charge is -2.09. The van der Waals surface area contributed by atoms with Crippen molar-refractivity contribution in [2.75, 3.05) is 6.61 Å². The highest BCUT2D eigenvalue weighted by Gasteiger charge is 2.20. The van der Waals surface area contributed by atoms with E-state index in [-0.39, 0.29) is 23.8 Å². The summed E-state index contributed by atoms with van der Waals surface area (Å²) in [5.41, 5.74) is 0.367. The standard InChI is InChI=1S/C16H15ClN2O4/c1-3-23-16(22)14(9(2)20)15-18-12(8-13(21)19-15)10-4-6-11(17)7-5-10/h4-8,20H,3H2,1-2H3,(H,18,19,21)/b14-9-. The Hall–Kier alpha value is -2.60. The maximum atomic E-state index is 12.0. The van der Waals surface area contributed by atoms with E-state index in [0.29, 0.717) is 16.3 Å². The highest BCUT2D eigenvalue weighted by Crippen LogP contribution is 2.21. The average molecular weight is 335 g/mol.